The van der Waals surface area contributed by atoms with Gasteiger partial charge in [-0.1, -0.05) is 36.9 Å². The van der Waals surface area contributed by atoms with Crippen molar-refractivity contribution >= 4 is 0 Å². The maximum Gasteiger partial charge on any atom is 0.0227 e. The zero-order chi connectivity index (χ0) is 13.1. The van der Waals surface area contributed by atoms with Gasteiger partial charge in [-0.25, -0.2) is 0 Å². The predicted molar refractivity (Wildman–Crippen MR) is 79.7 cm³/mol. The lowest BCUT2D eigenvalue weighted by Crippen LogP contribution is -2.28. The van der Waals surface area contributed by atoms with Gasteiger partial charge in [0.05, 0.1) is 0 Å². The SMILES string of the molecule is C=C1CC2=C(CCNC2)N1CCCc1ccccc1. The highest BCUT2D eigenvalue weighted by Gasteiger charge is 2.26. The topological polar surface area (TPSA) is 15.3 Å². The van der Waals surface area contributed by atoms with Gasteiger partial charge >= 0.3 is 0 Å². The van der Waals surface area contributed by atoms with Gasteiger partial charge in [0.25, 0.3) is 0 Å². The molecule has 0 aromatic heterocycles. The summed E-state index contributed by atoms with van der Waals surface area (Å²) in [6, 6.07) is 10.8. The van der Waals surface area contributed by atoms with Crippen LogP contribution in [0.4, 0.5) is 0 Å². The average Bonchev–Trinajstić information content (AvgIpc) is 2.76. The fourth-order valence-corrected chi connectivity index (χ4v) is 3.13. The van der Waals surface area contributed by atoms with E-state index in [-0.39, 0.29) is 0 Å². The summed E-state index contributed by atoms with van der Waals surface area (Å²) in [6.45, 7) is 7.53. The molecule has 2 nitrogen and oxygen atoms in total. The van der Waals surface area contributed by atoms with Crippen molar-refractivity contribution in [2.24, 2.45) is 0 Å². The molecule has 2 aliphatic rings. The van der Waals surface area contributed by atoms with Crippen LogP contribution in [0.15, 0.2) is 53.9 Å². The molecule has 0 aliphatic carbocycles. The molecule has 2 heterocycles. The smallest absolute Gasteiger partial charge is 0.0227 e. The molecule has 0 unspecified atom stereocenters. The molecule has 0 fully saturated rings. The Balaban J connectivity index is 1.58. The van der Waals surface area contributed by atoms with Crippen LogP contribution >= 0.6 is 0 Å². The number of allylic oxidation sites excluding steroid dienone is 1. The highest BCUT2D eigenvalue weighted by Crippen LogP contribution is 2.33. The first kappa shape index (κ1) is 12.5. The van der Waals surface area contributed by atoms with E-state index in [1.54, 1.807) is 11.3 Å². The molecule has 0 atom stereocenters. The van der Waals surface area contributed by atoms with Gasteiger partial charge < -0.3 is 10.2 Å². The van der Waals surface area contributed by atoms with Crippen molar-refractivity contribution < 1.29 is 0 Å². The molecule has 0 amide bonds. The summed E-state index contributed by atoms with van der Waals surface area (Å²) < 4.78 is 0. The van der Waals surface area contributed by atoms with Crippen LogP contribution in [-0.2, 0) is 6.42 Å². The molecular formula is C17H22N2. The zero-order valence-corrected chi connectivity index (χ0v) is 11.5. The molecule has 2 aliphatic heterocycles. The number of aryl methyl sites for hydroxylation is 1. The van der Waals surface area contributed by atoms with Crippen molar-refractivity contribution in [2.75, 3.05) is 19.6 Å². The van der Waals surface area contributed by atoms with E-state index in [1.807, 2.05) is 0 Å². The van der Waals surface area contributed by atoms with E-state index in [1.165, 1.54) is 24.1 Å². The number of nitrogens with zero attached hydrogens (tertiary/aromatic N) is 1. The van der Waals surface area contributed by atoms with Gasteiger partial charge in [-0.3, -0.25) is 0 Å². The largest absolute Gasteiger partial charge is 0.349 e. The summed E-state index contributed by atoms with van der Waals surface area (Å²) in [4.78, 5) is 2.47. The Morgan fingerprint density at radius 2 is 2.05 bits per heavy atom. The van der Waals surface area contributed by atoms with Crippen LogP contribution in [0.25, 0.3) is 0 Å². The third-order valence-electron chi connectivity index (χ3n) is 4.10. The van der Waals surface area contributed by atoms with E-state index in [9.17, 15) is 0 Å². The Bertz CT molecular complexity index is 487. The number of benzene rings is 1. The van der Waals surface area contributed by atoms with Crippen LogP contribution in [0.2, 0.25) is 0 Å². The van der Waals surface area contributed by atoms with Crippen LogP contribution in [0.1, 0.15) is 24.8 Å². The summed E-state index contributed by atoms with van der Waals surface area (Å²) >= 11 is 0. The quantitative estimate of drug-likeness (QED) is 0.888. The summed E-state index contributed by atoms with van der Waals surface area (Å²) in [6.07, 6.45) is 4.60. The second-order valence-electron chi connectivity index (χ2n) is 5.46. The predicted octanol–water partition coefficient (Wildman–Crippen LogP) is 3.09. The minimum absolute atomic E-state index is 1.06. The molecule has 19 heavy (non-hydrogen) atoms. The first-order valence-corrected chi connectivity index (χ1v) is 7.25. The number of hydrogen-bond acceptors (Lipinski definition) is 2. The first-order chi connectivity index (χ1) is 9.34. The zero-order valence-electron chi connectivity index (χ0n) is 11.5. The minimum Gasteiger partial charge on any atom is -0.349 e. The number of rotatable bonds is 4. The molecule has 0 saturated carbocycles. The summed E-state index contributed by atoms with van der Waals surface area (Å²) in [7, 11) is 0. The maximum absolute atomic E-state index is 4.24. The fourth-order valence-electron chi connectivity index (χ4n) is 3.13. The van der Waals surface area contributed by atoms with Gasteiger partial charge in [0, 0.05) is 43.9 Å². The highest BCUT2D eigenvalue weighted by atomic mass is 15.2. The number of nitrogens with one attached hydrogen (secondary N) is 1. The van der Waals surface area contributed by atoms with Gasteiger partial charge in [-0.2, -0.15) is 0 Å². The van der Waals surface area contributed by atoms with Crippen molar-refractivity contribution in [3.63, 3.8) is 0 Å². The standard InChI is InChI=1S/C17H22N2/c1-14-12-16-13-18-10-9-17(16)19(14)11-5-8-15-6-3-2-4-7-15/h2-4,6-7,18H,1,5,8-13H2. The lowest BCUT2D eigenvalue weighted by atomic mass is 10.1. The lowest BCUT2D eigenvalue weighted by Gasteiger charge is -2.26. The molecule has 1 aromatic rings. The second kappa shape index (κ2) is 5.62. The van der Waals surface area contributed by atoms with Crippen LogP contribution in [0.5, 0.6) is 0 Å². The van der Waals surface area contributed by atoms with Crippen molar-refractivity contribution in [1.29, 1.82) is 0 Å². The van der Waals surface area contributed by atoms with E-state index in [4.69, 9.17) is 0 Å². The van der Waals surface area contributed by atoms with Gasteiger partial charge in [-0.05, 0) is 24.0 Å². The Hall–Kier alpha value is -1.54. The highest BCUT2D eigenvalue weighted by molar-refractivity contribution is 5.32. The maximum atomic E-state index is 4.24. The van der Waals surface area contributed by atoms with Crippen molar-refractivity contribution in [2.45, 2.75) is 25.7 Å². The Kier molecular flexibility index (Phi) is 3.69. The van der Waals surface area contributed by atoms with Gasteiger partial charge in [0.2, 0.25) is 0 Å². The van der Waals surface area contributed by atoms with E-state index in [2.05, 4.69) is 47.1 Å². The summed E-state index contributed by atoms with van der Waals surface area (Å²) in [5.74, 6) is 0. The molecule has 0 radical (unpaired) electrons. The minimum atomic E-state index is 1.06. The van der Waals surface area contributed by atoms with E-state index < -0.39 is 0 Å². The Morgan fingerprint density at radius 3 is 2.89 bits per heavy atom. The fraction of sp³-hybridized carbons (Fsp3) is 0.412. The molecule has 2 heteroatoms. The number of hydrogen-bond donors (Lipinski definition) is 1. The summed E-state index contributed by atoms with van der Waals surface area (Å²) in [5, 5.41) is 3.45. The Labute approximate surface area is 115 Å². The van der Waals surface area contributed by atoms with Crippen LogP contribution < -0.4 is 5.32 Å². The van der Waals surface area contributed by atoms with Gasteiger partial charge in [0.1, 0.15) is 0 Å². The van der Waals surface area contributed by atoms with E-state index in [0.29, 0.717) is 0 Å². The summed E-state index contributed by atoms with van der Waals surface area (Å²) in [5.41, 5.74) is 5.85. The van der Waals surface area contributed by atoms with Crippen molar-refractivity contribution in [1.82, 2.24) is 10.2 Å². The van der Waals surface area contributed by atoms with Crippen LogP contribution in [0.3, 0.4) is 0 Å². The molecule has 3 rings (SSSR count). The van der Waals surface area contributed by atoms with Gasteiger partial charge in [0.15, 0.2) is 0 Å². The van der Waals surface area contributed by atoms with E-state index in [0.717, 1.165) is 32.5 Å². The second-order valence-corrected chi connectivity index (χ2v) is 5.46. The molecular weight excluding hydrogens is 232 g/mol. The van der Waals surface area contributed by atoms with Crippen molar-refractivity contribution in [3.8, 4) is 0 Å². The first-order valence-electron chi connectivity index (χ1n) is 7.25. The molecule has 0 spiro atoms. The molecule has 1 N–H and O–H groups in total. The van der Waals surface area contributed by atoms with Gasteiger partial charge in [-0.15, -0.1) is 0 Å². The monoisotopic (exact) mass is 254 g/mol. The lowest BCUT2D eigenvalue weighted by molar-refractivity contribution is 0.411. The molecule has 100 valence electrons. The molecule has 1 aromatic carbocycles. The average molecular weight is 254 g/mol. The van der Waals surface area contributed by atoms with E-state index >= 15 is 0 Å². The molecule has 0 saturated heterocycles. The van der Waals surface area contributed by atoms with Crippen LogP contribution in [0, 0.1) is 0 Å². The van der Waals surface area contributed by atoms with Crippen LogP contribution in [-0.4, -0.2) is 24.5 Å². The third kappa shape index (κ3) is 2.74. The normalized spacial score (nSPS) is 18.9. The molecule has 0 bridgehead atoms. The van der Waals surface area contributed by atoms with Crippen molar-refractivity contribution in [3.05, 3.63) is 59.4 Å². The third-order valence-corrected chi connectivity index (χ3v) is 4.10. The Morgan fingerprint density at radius 1 is 1.21 bits per heavy atom.